The normalized spacial score (nSPS) is 36.4. The summed E-state index contributed by atoms with van der Waals surface area (Å²) in [4.78, 5) is 26.3. The molecule has 0 aromatic heterocycles. The Bertz CT molecular complexity index is 645. The van der Waals surface area contributed by atoms with Crippen LogP contribution in [0.15, 0.2) is 15.0 Å². The van der Waals surface area contributed by atoms with Crippen LogP contribution in [0.25, 0.3) is 0 Å². The van der Waals surface area contributed by atoms with Gasteiger partial charge >= 0.3 is 0 Å². The van der Waals surface area contributed by atoms with E-state index in [0.717, 1.165) is 44.6 Å². The fourth-order valence-electron chi connectivity index (χ4n) is 5.69. The molecule has 1 saturated carbocycles. The number of hydrogen-bond donors (Lipinski definition) is 1. The van der Waals surface area contributed by atoms with E-state index in [1.54, 1.807) is 6.92 Å². The third-order valence-electron chi connectivity index (χ3n) is 7.20. The van der Waals surface area contributed by atoms with Crippen LogP contribution in [0.2, 0.25) is 0 Å². The summed E-state index contributed by atoms with van der Waals surface area (Å²) in [6.07, 6.45) is 16.3. The van der Waals surface area contributed by atoms with Crippen molar-refractivity contribution in [2.24, 2.45) is 26.8 Å². The van der Waals surface area contributed by atoms with Gasteiger partial charge in [0.2, 0.25) is 5.91 Å². The molecule has 4 rings (SSSR count). The monoisotopic (exact) mass is 384 g/mol. The van der Waals surface area contributed by atoms with Gasteiger partial charge in [-0.2, -0.15) is 0 Å². The number of hydrogen-bond acceptors (Lipinski definition) is 4. The van der Waals surface area contributed by atoms with E-state index >= 15 is 0 Å². The van der Waals surface area contributed by atoms with E-state index in [9.17, 15) is 4.79 Å². The van der Waals surface area contributed by atoms with E-state index in [2.05, 4.69) is 11.5 Å². The highest BCUT2D eigenvalue weighted by Crippen LogP contribution is 2.39. The van der Waals surface area contributed by atoms with Gasteiger partial charge in [0, 0.05) is 19.5 Å². The van der Waals surface area contributed by atoms with Crippen molar-refractivity contribution >= 4 is 23.5 Å². The minimum Gasteiger partial charge on any atom is -0.354 e. The molecule has 1 amide bonds. The van der Waals surface area contributed by atoms with Crippen LogP contribution >= 0.6 is 0 Å². The Hall–Kier alpha value is -1.52. The number of aliphatic imine (C=N–C) groups is 3. The molecular formula is C23H36N4O. The quantitative estimate of drug-likeness (QED) is 0.777. The molecule has 0 bridgehead atoms. The summed E-state index contributed by atoms with van der Waals surface area (Å²) in [5.41, 5.74) is 2.61. The van der Waals surface area contributed by atoms with Gasteiger partial charge in [-0.05, 0) is 95.1 Å². The molecule has 1 aliphatic carbocycles. The van der Waals surface area contributed by atoms with Crippen molar-refractivity contribution in [1.29, 1.82) is 0 Å². The Morgan fingerprint density at radius 2 is 1.86 bits per heavy atom. The van der Waals surface area contributed by atoms with Crippen LogP contribution < -0.4 is 5.32 Å². The summed E-state index contributed by atoms with van der Waals surface area (Å²) < 4.78 is 0. The van der Waals surface area contributed by atoms with E-state index in [4.69, 9.17) is 15.0 Å². The van der Waals surface area contributed by atoms with E-state index in [1.165, 1.54) is 56.4 Å². The van der Waals surface area contributed by atoms with E-state index in [0.29, 0.717) is 24.0 Å². The molecular weight excluding hydrogens is 348 g/mol. The van der Waals surface area contributed by atoms with Crippen LogP contribution in [-0.2, 0) is 4.79 Å². The number of carbonyl (C=O) groups is 1. The standard InChI is InChI=1S/C23H36N4O/c1-16(28)26-19-10-8-17(9-11-19)18-14-22(20-6-2-4-12-24-20)27-23(15-18)21-7-3-5-13-25-21/h12,17-20,22H,2-11,13-15H2,1H3,(H,26,28). The van der Waals surface area contributed by atoms with Crippen LogP contribution in [0.4, 0.5) is 0 Å². The Balaban J connectivity index is 1.46. The Morgan fingerprint density at radius 1 is 1.00 bits per heavy atom. The molecule has 0 aromatic rings. The second kappa shape index (κ2) is 9.32. The van der Waals surface area contributed by atoms with Crippen molar-refractivity contribution in [2.45, 2.75) is 102 Å². The zero-order valence-electron chi connectivity index (χ0n) is 17.4. The highest BCUT2D eigenvalue weighted by Gasteiger charge is 2.36. The van der Waals surface area contributed by atoms with Crippen molar-refractivity contribution < 1.29 is 4.79 Å². The summed E-state index contributed by atoms with van der Waals surface area (Å²) in [6.45, 7) is 2.61. The summed E-state index contributed by atoms with van der Waals surface area (Å²) >= 11 is 0. The molecule has 154 valence electrons. The third kappa shape index (κ3) is 4.90. The average molecular weight is 385 g/mol. The zero-order valence-corrected chi connectivity index (χ0v) is 17.4. The molecule has 3 atom stereocenters. The molecule has 3 unspecified atom stereocenters. The molecule has 0 aromatic carbocycles. The lowest BCUT2D eigenvalue weighted by Crippen LogP contribution is -2.41. The Kier molecular flexibility index (Phi) is 6.58. The molecule has 0 saturated heterocycles. The van der Waals surface area contributed by atoms with Gasteiger partial charge in [0.25, 0.3) is 0 Å². The maximum Gasteiger partial charge on any atom is 0.217 e. The van der Waals surface area contributed by atoms with Gasteiger partial charge in [0.05, 0.1) is 23.5 Å². The van der Waals surface area contributed by atoms with Crippen molar-refractivity contribution in [3.05, 3.63) is 0 Å². The van der Waals surface area contributed by atoms with Crippen LogP contribution in [0.3, 0.4) is 0 Å². The van der Waals surface area contributed by atoms with Gasteiger partial charge in [0.15, 0.2) is 0 Å². The lowest BCUT2D eigenvalue weighted by molar-refractivity contribution is -0.119. The maximum atomic E-state index is 11.4. The molecule has 0 radical (unpaired) electrons. The van der Waals surface area contributed by atoms with Crippen LogP contribution in [0, 0.1) is 11.8 Å². The molecule has 3 heterocycles. The second-order valence-corrected chi connectivity index (χ2v) is 9.27. The highest BCUT2D eigenvalue weighted by atomic mass is 16.1. The summed E-state index contributed by atoms with van der Waals surface area (Å²) in [5.74, 6) is 1.58. The number of nitrogens with one attached hydrogen (secondary N) is 1. The van der Waals surface area contributed by atoms with Gasteiger partial charge in [-0.15, -0.1) is 0 Å². The van der Waals surface area contributed by atoms with Crippen molar-refractivity contribution in [1.82, 2.24) is 5.32 Å². The van der Waals surface area contributed by atoms with E-state index in [1.807, 2.05) is 0 Å². The predicted octanol–water partition coefficient (Wildman–Crippen LogP) is 4.15. The fraction of sp³-hybridized carbons (Fsp3) is 0.826. The summed E-state index contributed by atoms with van der Waals surface area (Å²) in [7, 11) is 0. The molecule has 0 spiro atoms. The van der Waals surface area contributed by atoms with E-state index < -0.39 is 0 Å². The Morgan fingerprint density at radius 3 is 2.54 bits per heavy atom. The van der Waals surface area contributed by atoms with Gasteiger partial charge < -0.3 is 5.32 Å². The third-order valence-corrected chi connectivity index (χ3v) is 7.20. The highest BCUT2D eigenvalue weighted by molar-refractivity contribution is 6.42. The fourth-order valence-corrected chi connectivity index (χ4v) is 5.69. The smallest absolute Gasteiger partial charge is 0.217 e. The minimum absolute atomic E-state index is 0.112. The first-order valence-electron chi connectivity index (χ1n) is 11.6. The van der Waals surface area contributed by atoms with Gasteiger partial charge in [-0.3, -0.25) is 19.8 Å². The van der Waals surface area contributed by atoms with Crippen molar-refractivity contribution in [3.8, 4) is 0 Å². The van der Waals surface area contributed by atoms with Crippen LogP contribution in [0.5, 0.6) is 0 Å². The first kappa shape index (κ1) is 19.8. The molecule has 1 N–H and O–H groups in total. The van der Waals surface area contributed by atoms with E-state index in [-0.39, 0.29) is 5.91 Å². The van der Waals surface area contributed by atoms with Gasteiger partial charge in [-0.25, -0.2) is 0 Å². The number of amides is 1. The second-order valence-electron chi connectivity index (χ2n) is 9.27. The van der Waals surface area contributed by atoms with Crippen LogP contribution in [-0.4, -0.2) is 48.2 Å². The molecule has 1 fully saturated rings. The molecule has 28 heavy (non-hydrogen) atoms. The number of carbonyl (C=O) groups excluding carboxylic acids is 1. The summed E-state index contributed by atoms with van der Waals surface area (Å²) in [6, 6.07) is 1.11. The molecule has 4 aliphatic rings. The van der Waals surface area contributed by atoms with Crippen molar-refractivity contribution in [3.63, 3.8) is 0 Å². The largest absolute Gasteiger partial charge is 0.354 e. The number of nitrogens with zero attached hydrogens (tertiary/aromatic N) is 3. The predicted molar refractivity (Wildman–Crippen MR) is 116 cm³/mol. The maximum absolute atomic E-state index is 11.4. The van der Waals surface area contributed by atoms with Gasteiger partial charge in [-0.1, -0.05) is 0 Å². The lowest BCUT2D eigenvalue weighted by Gasteiger charge is -2.39. The topological polar surface area (TPSA) is 66.2 Å². The molecule has 3 aliphatic heterocycles. The SMILES string of the molecule is CC(=O)NC1CCC(C2CC(C3=NCCCC3)=NC(C3CCCC=N3)C2)CC1. The van der Waals surface area contributed by atoms with Crippen molar-refractivity contribution in [2.75, 3.05) is 6.54 Å². The first-order chi connectivity index (χ1) is 13.7. The first-order valence-corrected chi connectivity index (χ1v) is 11.6. The lowest BCUT2D eigenvalue weighted by atomic mass is 9.71. The molecule has 5 heteroatoms. The summed E-state index contributed by atoms with van der Waals surface area (Å²) in [5, 5.41) is 3.13. The van der Waals surface area contributed by atoms with Crippen LogP contribution in [0.1, 0.15) is 84.0 Å². The molecule has 5 nitrogen and oxygen atoms in total. The average Bonchev–Trinajstić information content (AvgIpc) is 2.75. The Labute approximate surface area is 169 Å². The van der Waals surface area contributed by atoms with Gasteiger partial charge in [0.1, 0.15) is 0 Å². The number of rotatable bonds is 4. The minimum atomic E-state index is 0.112. The zero-order chi connectivity index (χ0) is 19.3.